The van der Waals surface area contributed by atoms with Crippen molar-refractivity contribution in [2.75, 3.05) is 5.32 Å². The largest absolute Gasteiger partial charge is 0.457 e. The van der Waals surface area contributed by atoms with Crippen molar-refractivity contribution in [2.45, 2.75) is 12.4 Å². The predicted octanol–water partition coefficient (Wildman–Crippen LogP) is 6.33. The van der Waals surface area contributed by atoms with Gasteiger partial charge in [-0.1, -0.05) is 0 Å². The second-order valence-electron chi connectivity index (χ2n) is 7.83. The van der Waals surface area contributed by atoms with Crippen molar-refractivity contribution in [1.82, 2.24) is 29.7 Å². The minimum absolute atomic E-state index is 0.0752. The number of hydrogen-bond acceptors (Lipinski definition) is 6. The van der Waals surface area contributed by atoms with Gasteiger partial charge >= 0.3 is 12.4 Å². The number of pyridine rings is 1. The summed E-state index contributed by atoms with van der Waals surface area (Å²) in [5.74, 6) is -0.423. The number of hydrogen-bond donors (Lipinski definition) is 2. The van der Waals surface area contributed by atoms with Crippen LogP contribution in [0.15, 0.2) is 60.8 Å². The summed E-state index contributed by atoms with van der Waals surface area (Å²) in [6.45, 7) is 0. The third-order valence-corrected chi connectivity index (χ3v) is 5.27. The van der Waals surface area contributed by atoms with Crippen LogP contribution in [0.1, 0.15) is 11.4 Å². The van der Waals surface area contributed by atoms with Crippen LogP contribution in [0.4, 0.5) is 38.0 Å². The zero-order chi connectivity index (χ0) is 26.4. The normalized spacial score (nSPS) is 12.2. The molecule has 0 atom stereocenters. The van der Waals surface area contributed by atoms with Crippen LogP contribution in [-0.4, -0.2) is 29.7 Å². The molecule has 0 spiro atoms. The Hall–Kier alpha value is -4.62. The van der Waals surface area contributed by atoms with E-state index in [0.717, 1.165) is 17.6 Å². The summed E-state index contributed by atoms with van der Waals surface area (Å²) in [5.41, 5.74) is 0.997. The van der Waals surface area contributed by atoms with Crippen molar-refractivity contribution in [3.05, 3.63) is 72.2 Å². The number of H-pyrrole nitrogens is 1. The lowest BCUT2D eigenvalue weighted by Crippen LogP contribution is -2.07. The molecule has 8 nitrogen and oxygen atoms in total. The second kappa shape index (κ2) is 8.80. The van der Waals surface area contributed by atoms with Crippen LogP contribution in [-0.2, 0) is 19.4 Å². The number of aromatic amines is 1. The number of nitrogens with one attached hydrogen (secondary N) is 2. The van der Waals surface area contributed by atoms with Gasteiger partial charge in [-0.05, 0) is 42.5 Å². The van der Waals surface area contributed by atoms with Crippen molar-refractivity contribution in [3.8, 4) is 23.0 Å². The molecule has 0 aliphatic rings. The highest BCUT2D eigenvalue weighted by molar-refractivity contribution is 5.81. The van der Waals surface area contributed by atoms with E-state index < -0.39 is 23.7 Å². The Kier molecular flexibility index (Phi) is 5.73. The van der Waals surface area contributed by atoms with Gasteiger partial charge in [-0.3, -0.25) is 10.1 Å². The molecule has 37 heavy (non-hydrogen) atoms. The van der Waals surface area contributed by atoms with Crippen molar-refractivity contribution in [1.29, 1.82) is 0 Å². The quantitative estimate of drug-likeness (QED) is 0.264. The minimum atomic E-state index is -4.67. The van der Waals surface area contributed by atoms with Gasteiger partial charge in [-0.25, -0.2) is 9.97 Å². The van der Waals surface area contributed by atoms with Gasteiger partial charge in [-0.15, -0.1) is 0 Å². The van der Waals surface area contributed by atoms with Gasteiger partial charge in [0, 0.05) is 31.1 Å². The number of aromatic nitrogens is 6. The lowest BCUT2D eigenvalue weighted by atomic mass is 10.2. The highest BCUT2D eigenvalue weighted by Gasteiger charge is 2.35. The molecule has 0 bridgehead atoms. The number of anilines is 2. The molecule has 0 amide bonds. The zero-order valence-corrected chi connectivity index (χ0v) is 18.7. The van der Waals surface area contributed by atoms with Gasteiger partial charge in [0.25, 0.3) is 0 Å². The van der Waals surface area contributed by atoms with Crippen molar-refractivity contribution in [2.24, 2.45) is 7.05 Å². The first kappa shape index (κ1) is 24.1. The molecule has 0 aliphatic heterocycles. The number of aryl methyl sites for hydroxylation is 1. The van der Waals surface area contributed by atoms with Gasteiger partial charge in [0.2, 0.25) is 11.8 Å². The zero-order valence-electron chi connectivity index (χ0n) is 18.7. The van der Waals surface area contributed by atoms with Gasteiger partial charge in [0.05, 0.1) is 16.6 Å². The summed E-state index contributed by atoms with van der Waals surface area (Å²) >= 11 is 0. The molecule has 0 aliphatic carbocycles. The van der Waals surface area contributed by atoms with E-state index in [9.17, 15) is 26.3 Å². The highest BCUT2D eigenvalue weighted by atomic mass is 19.4. The lowest BCUT2D eigenvalue weighted by molar-refractivity contribution is -0.144. The topological polar surface area (TPSA) is 93.5 Å². The van der Waals surface area contributed by atoms with E-state index in [-0.39, 0.29) is 17.3 Å². The molecule has 2 N–H and O–H groups in total. The minimum Gasteiger partial charge on any atom is -0.457 e. The summed E-state index contributed by atoms with van der Waals surface area (Å²) in [4.78, 5) is 11.9. The molecule has 0 unspecified atom stereocenters. The number of imidazole rings is 1. The average molecular weight is 519 g/mol. The Balaban J connectivity index is 1.36. The SMILES string of the molecule is Cn1c(Nc2ccc(C(F)(F)F)cc2)nc2cc(Oc3ccnc(-c4n[nH]c(C(F)(F)F)n4)c3)ccc21. The van der Waals surface area contributed by atoms with Crippen LogP contribution in [0.5, 0.6) is 11.5 Å². The van der Waals surface area contributed by atoms with E-state index in [1.807, 2.05) is 5.10 Å². The smallest absolute Gasteiger partial charge is 0.451 e. The van der Waals surface area contributed by atoms with Crippen LogP contribution in [0.2, 0.25) is 0 Å². The third-order valence-electron chi connectivity index (χ3n) is 5.27. The number of fused-ring (bicyclic) bond motifs is 1. The fourth-order valence-corrected chi connectivity index (χ4v) is 3.46. The van der Waals surface area contributed by atoms with Gasteiger partial charge in [-0.2, -0.15) is 31.4 Å². The van der Waals surface area contributed by atoms with E-state index in [0.29, 0.717) is 22.9 Å². The average Bonchev–Trinajstić information content (AvgIpc) is 3.45. The Morgan fingerprint density at radius 2 is 1.59 bits per heavy atom. The summed E-state index contributed by atoms with van der Waals surface area (Å²) < 4.78 is 84.3. The summed E-state index contributed by atoms with van der Waals surface area (Å²) in [5, 5.41) is 8.38. The molecule has 0 saturated carbocycles. The molecule has 5 rings (SSSR count). The molecule has 0 radical (unpaired) electrons. The molecule has 14 heteroatoms. The maximum Gasteiger partial charge on any atom is 0.451 e. The van der Waals surface area contributed by atoms with E-state index in [1.54, 1.807) is 29.8 Å². The van der Waals surface area contributed by atoms with Crippen LogP contribution >= 0.6 is 0 Å². The summed E-state index contributed by atoms with van der Waals surface area (Å²) in [7, 11) is 1.74. The Morgan fingerprint density at radius 1 is 0.865 bits per heavy atom. The molecular weight excluding hydrogens is 504 g/mol. The Labute approximate surface area is 204 Å². The van der Waals surface area contributed by atoms with Gasteiger partial charge in [0.1, 0.15) is 17.2 Å². The first-order chi connectivity index (χ1) is 17.5. The molecule has 3 aromatic heterocycles. The van der Waals surface area contributed by atoms with Crippen LogP contribution in [0.3, 0.4) is 0 Å². The number of rotatable bonds is 5. The Bertz CT molecular complexity index is 1570. The summed E-state index contributed by atoms with van der Waals surface area (Å²) in [6, 6.07) is 12.5. The molecule has 0 saturated heterocycles. The highest BCUT2D eigenvalue weighted by Crippen LogP contribution is 2.32. The van der Waals surface area contributed by atoms with Crippen LogP contribution in [0, 0.1) is 0 Å². The summed E-state index contributed by atoms with van der Waals surface area (Å²) in [6.07, 6.45) is -7.75. The van der Waals surface area contributed by atoms with Crippen molar-refractivity contribution in [3.63, 3.8) is 0 Å². The van der Waals surface area contributed by atoms with Crippen LogP contribution < -0.4 is 10.1 Å². The number of halogens is 6. The number of nitrogens with zero attached hydrogens (tertiary/aromatic N) is 5. The maximum atomic E-state index is 12.8. The van der Waals surface area contributed by atoms with Crippen LogP contribution in [0.25, 0.3) is 22.6 Å². The molecule has 3 heterocycles. The molecular formula is C23H15F6N7O. The first-order valence-electron chi connectivity index (χ1n) is 10.5. The van der Waals surface area contributed by atoms with Gasteiger partial charge < -0.3 is 14.6 Å². The van der Waals surface area contributed by atoms with Crippen molar-refractivity contribution < 1.29 is 31.1 Å². The van der Waals surface area contributed by atoms with E-state index in [1.165, 1.54) is 30.5 Å². The Morgan fingerprint density at radius 3 is 2.27 bits per heavy atom. The first-order valence-corrected chi connectivity index (χ1v) is 10.5. The fraction of sp³-hybridized carbons (Fsp3) is 0.130. The maximum absolute atomic E-state index is 12.8. The van der Waals surface area contributed by atoms with E-state index in [2.05, 4.69) is 25.4 Å². The second-order valence-corrected chi connectivity index (χ2v) is 7.83. The number of ether oxygens (including phenoxy) is 1. The number of benzene rings is 2. The van der Waals surface area contributed by atoms with Crippen molar-refractivity contribution >= 4 is 22.7 Å². The standard InChI is InChI=1S/C23H15F6N7O/c1-36-18-7-6-14(10-16(18)32-21(36)31-13-4-2-12(3-5-13)22(24,25)26)37-15-8-9-30-17(11-15)19-33-20(35-34-19)23(27,28)29/h2-11H,1H3,(H,31,32)(H,33,34,35). The fourth-order valence-electron chi connectivity index (χ4n) is 3.46. The molecule has 190 valence electrons. The van der Waals surface area contributed by atoms with E-state index in [4.69, 9.17) is 4.74 Å². The molecule has 0 fully saturated rings. The predicted molar refractivity (Wildman–Crippen MR) is 120 cm³/mol. The van der Waals surface area contributed by atoms with Gasteiger partial charge in [0.15, 0.2) is 5.82 Å². The molecule has 2 aromatic carbocycles. The third kappa shape index (κ3) is 5.03. The monoisotopic (exact) mass is 519 g/mol. The van der Waals surface area contributed by atoms with E-state index >= 15 is 0 Å². The molecule has 5 aromatic rings. The lowest BCUT2D eigenvalue weighted by Gasteiger charge is -2.09. The number of alkyl halides is 6.